The quantitative estimate of drug-likeness (QED) is 0.323. The van der Waals surface area contributed by atoms with Crippen LogP contribution in [0.25, 0.3) is 0 Å². The van der Waals surface area contributed by atoms with Crippen molar-refractivity contribution in [3.63, 3.8) is 0 Å². The molecule has 8 nitrogen and oxygen atoms in total. The van der Waals surface area contributed by atoms with Gasteiger partial charge >= 0.3 is 0 Å². The molecule has 2 atom stereocenters. The molecule has 0 bridgehead atoms. The van der Waals surface area contributed by atoms with E-state index in [9.17, 15) is 19.2 Å². The molecule has 0 radical (unpaired) electrons. The van der Waals surface area contributed by atoms with Crippen LogP contribution in [-0.4, -0.2) is 47.0 Å². The lowest BCUT2D eigenvalue weighted by molar-refractivity contribution is -0.142. The third kappa shape index (κ3) is 6.94. The molecule has 40 heavy (non-hydrogen) atoms. The number of rotatable bonds is 10. The monoisotopic (exact) mass is 560 g/mol. The zero-order chi connectivity index (χ0) is 28.6. The molecule has 0 aliphatic carbocycles. The van der Waals surface area contributed by atoms with E-state index < -0.39 is 23.9 Å². The van der Waals surface area contributed by atoms with Crippen LogP contribution in [0.4, 0.5) is 5.69 Å². The Morgan fingerprint density at radius 1 is 0.950 bits per heavy atom. The molecule has 0 saturated heterocycles. The van der Waals surface area contributed by atoms with E-state index in [4.69, 9.17) is 17.3 Å². The van der Waals surface area contributed by atoms with Crippen LogP contribution in [0.1, 0.15) is 46.3 Å². The van der Waals surface area contributed by atoms with E-state index in [1.165, 1.54) is 4.90 Å². The van der Waals surface area contributed by atoms with Crippen molar-refractivity contribution in [2.45, 2.75) is 51.2 Å². The number of Topliss-reactive ketones (excluding diaryl/α,β-unsaturated/α-hetero) is 1. The number of hydrogen-bond acceptors (Lipinski definition) is 5. The predicted octanol–water partition coefficient (Wildman–Crippen LogP) is 4.04. The average Bonchev–Trinajstić information content (AvgIpc) is 2.97. The number of benzene rings is 3. The van der Waals surface area contributed by atoms with Gasteiger partial charge in [0, 0.05) is 31.4 Å². The fourth-order valence-electron chi connectivity index (χ4n) is 4.82. The van der Waals surface area contributed by atoms with Gasteiger partial charge in [0.2, 0.25) is 17.7 Å². The smallest absolute Gasteiger partial charge is 0.247 e. The number of amides is 3. The molecule has 0 spiro atoms. The highest BCUT2D eigenvalue weighted by atomic mass is 35.5. The van der Waals surface area contributed by atoms with Crippen molar-refractivity contribution in [2.24, 2.45) is 5.73 Å². The topological polar surface area (TPSA) is 122 Å². The van der Waals surface area contributed by atoms with Crippen molar-refractivity contribution < 1.29 is 19.2 Å². The minimum absolute atomic E-state index is 0.0295. The number of aryl methyl sites for hydroxylation is 1. The van der Waals surface area contributed by atoms with E-state index in [1.54, 1.807) is 36.4 Å². The number of ketones is 1. The second-order valence-corrected chi connectivity index (χ2v) is 10.2. The third-order valence-electron chi connectivity index (χ3n) is 7.07. The molecule has 4 rings (SSSR count). The van der Waals surface area contributed by atoms with Crippen LogP contribution < -0.4 is 16.4 Å². The van der Waals surface area contributed by atoms with E-state index in [1.807, 2.05) is 43.3 Å². The number of nitrogens with zero attached hydrogens (tertiary/aromatic N) is 1. The molecular formula is C31H33ClN4O4. The Bertz CT molecular complexity index is 1400. The molecule has 1 aliphatic rings. The maximum atomic E-state index is 13.6. The number of hydrogen-bond donors (Lipinski definition) is 3. The van der Waals surface area contributed by atoms with Crippen molar-refractivity contribution in [1.29, 1.82) is 0 Å². The van der Waals surface area contributed by atoms with Gasteiger partial charge in [-0.25, -0.2) is 0 Å². The summed E-state index contributed by atoms with van der Waals surface area (Å²) in [5.74, 6) is -1.35. The Balaban J connectivity index is 1.50. The van der Waals surface area contributed by atoms with Crippen LogP contribution in [0.15, 0.2) is 72.8 Å². The highest BCUT2D eigenvalue weighted by molar-refractivity contribution is 6.34. The number of halogens is 1. The zero-order valence-electron chi connectivity index (χ0n) is 22.4. The van der Waals surface area contributed by atoms with Crippen LogP contribution in [0.3, 0.4) is 0 Å². The van der Waals surface area contributed by atoms with Gasteiger partial charge in [-0.05, 0) is 42.6 Å². The van der Waals surface area contributed by atoms with Gasteiger partial charge < -0.3 is 21.3 Å². The van der Waals surface area contributed by atoms with Gasteiger partial charge in [-0.2, -0.15) is 0 Å². The summed E-state index contributed by atoms with van der Waals surface area (Å²) in [5.41, 5.74) is 9.45. The number of nitrogens with one attached hydrogen (secondary N) is 2. The van der Waals surface area contributed by atoms with Gasteiger partial charge in [0.05, 0.1) is 10.7 Å². The van der Waals surface area contributed by atoms with Crippen molar-refractivity contribution in [1.82, 2.24) is 10.2 Å². The number of anilines is 1. The first-order chi connectivity index (χ1) is 19.3. The SMILES string of the molecule is Cc1cccc(NC(=O)[C@H](CCN)NC(=O)[C@@H]2Cc3ccccc3CN2C(=O)CCC(=O)c2ccccc2)c1Cl. The molecule has 0 aromatic heterocycles. The molecule has 1 heterocycles. The fourth-order valence-corrected chi connectivity index (χ4v) is 4.99. The summed E-state index contributed by atoms with van der Waals surface area (Å²) in [5, 5.41) is 6.01. The molecule has 3 aromatic carbocycles. The standard InChI is InChI=1S/C31H33ClN4O4/c1-20-8-7-13-24(29(20)32)34-30(39)25(16-17-33)35-31(40)26-18-22-11-5-6-12-23(22)19-36(26)28(38)15-14-27(37)21-9-3-2-4-10-21/h2-13,25-26H,14-19,33H2,1H3,(H,34,39)(H,35,40)/t25-,26-/m0/s1. The number of carbonyl (C=O) groups excluding carboxylic acids is 4. The lowest BCUT2D eigenvalue weighted by atomic mass is 9.92. The maximum absolute atomic E-state index is 13.6. The normalized spacial score (nSPS) is 15.1. The molecule has 4 N–H and O–H groups in total. The van der Waals surface area contributed by atoms with Gasteiger partial charge in [0.25, 0.3) is 0 Å². The van der Waals surface area contributed by atoms with Gasteiger partial charge in [-0.3, -0.25) is 19.2 Å². The third-order valence-corrected chi connectivity index (χ3v) is 7.57. The second kappa shape index (κ2) is 13.4. The summed E-state index contributed by atoms with van der Waals surface area (Å²) in [4.78, 5) is 54.3. The summed E-state index contributed by atoms with van der Waals surface area (Å²) < 4.78 is 0. The minimum atomic E-state index is -0.928. The number of fused-ring (bicyclic) bond motifs is 1. The summed E-state index contributed by atoms with van der Waals surface area (Å²) in [6, 6.07) is 20.0. The van der Waals surface area contributed by atoms with Gasteiger partial charge in [-0.1, -0.05) is 78.3 Å². The largest absolute Gasteiger partial charge is 0.342 e. The molecule has 3 aromatic rings. The van der Waals surface area contributed by atoms with Gasteiger partial charge in [0.15, 0.2) is 5.78 Å². The summed E-state index contributed by atoms with van der Waals surface area (Å²) in [7, 11) is 0. The van der Waals surface area contributed by atoms with Crippen LogP contribution >= 0.6 is 11.6 Å². The van der Waals surface area contributed by atoms with Crippen LogP contribution in [0, 0.1) is 6.92 Å². The Hall–Kier alpha value is -4.01. The van der Waals surface area contributed by atoms with Crippen molar-refractivity contribution >= 4 is 40.8 Å². The Labute approximate surface area is 238 Å². The summed E-state index contributed by atoms with van der Waals surface area (Å²) in [6.07, 6.45) is 0.494. The first-order valence-corrected chi connectivity index (χ1v) is 13.7. The summed E-state index contributed by atoms with van der Waals surface area (Å²) >= 11 is 6.34. The van der Waals surface area contributed by atoms with E-state index >= 15 is 0 Å². The molecule has 208 valence electrons. The molecule has 3 amide bonds. The molecule has 0 fully saturated rings. The van der Waals surface area contributed by atoms with E-state index in [-0.39, 0.29) is 44.0 Å². The van der Waals surface area contributed by atoms with Crippen molar-refractivity contribution in [2.75, 3.05) is 11.9 Å². The summed E-state index contributed by atoms with van der Waals surface area (Å²) in [6.45, 7) is 2.23. The predicted molar refractivity (Wildman–Crippen MR) is 155 cm³/mol. The first kappa shape index (κ1) is 29.0. The van der Waals surface area contributed by atoms with Crippen molar-refractivity contribution in [3.8, 4) is 0 Å². The molecule has 0 saturated carbocycles. The molecule has 9 heteroatoms. The number of nitrogens with two attached hydrogens (primary N) is 1. The second-order valence-electron chi connectivity index (χ2n) is 9.86. The lowest BCUT2D eigenvalue weighted by Gasteiger charge is -2.36. The highest BCUT2D eigenvalue weighted by Crippen LogP contribution is 2.27. The Morgan fingerprint density at radius 3 is 2.38 bits per heavy atom. The first-order valence-electron chi connectivity index (χ1n) is 13.3. The average molecular weight is 561 g/mol. The number of carbonyl (C=O) groups is 4. The van der Waals surface area contributed by atoms with E-state index in [0.717, 1.165) is 16.7 Å². The zero-order valence-corrected chi connectivity index (χ0v) is 23.1. The van der Waals surface area contributed by atoms with Crippen LogP contribution in [0.5, 0.6) is 0 Å². The maximum Gasteiger partial charge on any atom is 0.247 e. The molecule has 1 aliphatic heterocycles. The lowest BCUT2D eigenvalue weighted by Crippen LogP contribution is -2.56. The van der Waals surface area contributed by atoms with Crippen LogP contribution in [0.2, 0.25) is 5.02 Å². The van der Waals surface area contributed by atoms with Crippen LogP contribution in [-0.2, 0) is 27.3 Å². The molecular weight excluding hydrogens is 528 g/mol. The molecule has 0 unspecified atom stereocenters. The fraction of sp³-hybridized carbons (Fsp3) is 0.290. The minimum Gasteiger partial charge on any atom is -0.342 e. The highest BCUT2D eigenvalue weighted by Gasteiger charge is 2.36. The Kier molecular flexibility index (Phi) is 9.69. The van der Waals surface area contributed by atoms with Crippen molar-refractivity contribution in [3.05, 3.63) is 100 Å². The van der Waals surface area contributed by atoms with Gasteiger partial charge in [0.1, 0.15) is 12.1 Å². The van der Waals surface area contributed by atoms with Gasteiger partial charge in [-0.15, -0.1) is 0 Å². The van der Waals surface area contributed by atoms with E-state index in [0.29, 0.717) is 22.7 Å². The van der Waals surface area contributed by atoms with E-state index in [2.05, 4.69) is 10.6 Å². The Morgan fingerprint density at radius 2 is 1.65 bits per heavy atom.